The van der Waals surface area contributed by atoms with E-state index in [4.69, 9.17) is 9.36 Å². The maximum Gasteiger partial charge on any atom is 0.344 e. The Kier molecular flexibility index (Phi) is 4.33. The van der Waals surface area contributed by atoms with E-state index in [9.17, 15) is 4.79 Å². The van der Waals surface area contributed by atoms with Crippen LogP contribution in [-0.2, 0) is 17.9 Å². The van der Waals surface area contributed by atoms with Gasteiger partial charge in [0.1, 0.15) is 18.1 Å². The number of rotatable bonds is 6. The summed E-state index contributed by atoms with van der Waals surface area (Å²) < 4.78 is 5.54. The number of piperidine rings is 1. The van der Waals surface area contributed by atoms with Gasteiger partial charge in [0.05, 0.1) is 12.1 Å². The minimum Gasteiger partial charge on any atom is -0.361 e. The monoisotopic (exact) mass is 368 g/mol. The predicted molar refractivity (Wildman–Crippen MR) is 97.5 cm³/mol. The van der Waals surface area contributed by atoms with Crippen molar-refractivity contribution in [1.82, 2.24) is 20.4 Å². The second-order valence-electron chi connectivity index (χ2n) is 7.71. The number of urea groups is 1. The summed E-state index contributed by atoms with van der Waals surface area (Å²) in [6.45, 7) is 3.18. The lowest BCUT2D eigenvalue weighted by molar-refractivity contribution is -0.140. The zero-order valence-electron chi connectivity index (χ0n) is 15.2. The van der Waals surface area contributed by atoms with Gasteiger partial charge >= 0.3 is 6.03 Å². The fraction of sp³-hybridized carbons (Fsp3) is 0.500. The molecule has 7 heteroatoms. The second kappa shape index (κ2) is 6.98. The van der Waals surface area contributed by atoms with Gasteiger partial charge in [-0.15, -0.1) is 0 Å². The molecule has 7 nitrogen and oxygen atoms in total. The van der Waals surface area contributed by atoms with E-state index in [1.54, 1.807) is 5.06 Å². The number of amides is 2. The van der Waals surface area contributed by atoms with E-state index < -0.39 is 0 Å². The van der Waals surface area contributed by atoms with Gasteiger partial charge in [-0.3, -0.25) is 4.84 Å². The molecule has 3 aliphatic heterocycles. The number of nitrogens with zero attached hydrogens (tertiary/aromatic N) is 3. The summed E-state index contributed by atoms with van der Waals surface area (Å²) in [5.41, 5.74) is 1.93. The Hall–Kier alpha value is -2.38. The zero-order valence-corrected chi connectivity index (χ0v) is 15.2. The number of nitrogens with one attached hydrogen (secondary N) is 1. The van der Waals surface area contributed by atoms with Gasteiger partial charge in [-0.1, -0.05) is 35.5 Å². The second-order valence-corrected chi connectivity index (χ2v) is 7.71. The molecule has 3 fully saturated rings. The molecule has 3 saturated heterocycles. The summed E-state index contributed by atoms with van der Waals surface area (Å²) in [5, 5.41) is 9.11. The van der Waals surface area contributed by atoms with Crippen LogP contribution < -0.4 is 5.32 Å². The quantitative estimate of drug-likeness (QED) is 0.848. The third kappa shape index (κ3) is 3.21. The Morgan fingerprint density at radius 1 is 1.22 bits per heavy atom. The molecule has 1 aromatic heterocycles. The lowest BCUT2D eigenvalue weighted by Crippen LogP contribution is -2.42. The first-order valence-corrected chi connectivity index (χ1v) is 9.71. The van der Waals surface area contributed by atoms with Crippen LogP contribution in [0.5, 0.6) is 0 Å². The van der Waals surface area contributed by atoms with Crippen molar-refractivity contribution < 1.29 is 14.2 Å². The minimum atomic E-state index is -0.0637. The average molecular weight is 368 g/mol. The van der Waals surface area contributed by atoms with E-state index in [1.807, 2.05) is 41.3 Å². The molecule has 4 heterocycles. The molecular formula is C20H24N4O3. The topological polar surface area (TPSA) is 70.8 Å². The standard InChI is InChI=1S/C20H24N4O3/c25-20-23-12-16(24(20)26-13-14-4-2-1-3-5-14)6-7-19(23)18-9-17(27-22-18)8-15-10-21-11-15/h1-5,9,15-16,19,21H,6-8,10-13H2. The van der Waals surface area contributed by atoms with Crippen LogP contribution in [0.3, 0.4) is 0 Å². The molecule has 0 aliphatic carbocycles. The fourth-order valence-electron chi connectivity index (χ4n) is 4.18. The molecule has 0 saturated carbocycles. The smallest absolute Gasteiger partial charge is 0.344 e. The van der Waals surface area contributed by atoms with Crippen LogP contribution in [0.4, 0.5) is 4.79 Å². The van der Waals surface area contributed by atoms with Crippen LogP contribution in [0.1, 0.15) is 35.9 Å². The van der Waals surface area contributed by atoms with E-state index in [-0.39, 0.29) is 18.1 Å². The zero-order chi connectivity index (χ0) is 18.2. The van der Waals surface area contributed by atoms with Gasteiger partial charge in [0, 0.05) is 19.0 Å². The molecule has 2 unspecified atom stereocenters. The highest BCUT2D eigenvalue weighted by molar-refractivity contribution is 5.77. The highest BCUT2D eigenvalue weighted by atomic mass is 16.7. The molecule has 3 aliphatic rings. The van der Waals surface area contributed by atoms with Gasteiger partial charge in [0.25, 0.3) is 0 Å². The molecule has 1 aromatic carbocycles. The number of aromatic nitrogens is 1. The van der Waals surface area contributed by atoms with Crippen molar-refractivity contribution >= 4 is 6.03 Å². The molecule has 27 heavy (non-hydrogen) atoms. The van der Waals surface area contributed by atoms with Crippen molar-refractivity contribution in [1.29, 1.82) is 0 Å². The number of hydrogen-bond donors (Lipinski definition) is 1. The van der Waals surface area contributed by atoms with Crippen LogP contribution in [-0.4, -0.2) is 46.8 Å². The van der Waals surface area contributed by atoms with Crippen molar-refractivity contribution in [3.63, 3.8) is 0 Å². The normalized spacial score (nSPS) is 25.1. The number of hydroxylamine groups is 2. The Morgan fingerprint density at radius 2 is 2.07 bits per heavy atom. The highest BCUT2D eigenvalue weighted by Gasteiger charge is 2.47. The van der Waals surface area contributed by atoms with Crippen molar-refractivity contribution in [2.24, 2.45) is 5.92 Å². The molecule has 2 aromatic rings. The Balaban J connectivity index is 1.25. The lowest BCUT2D eigenvalue weighted by Gasteiger charge is -2.28. The van der Waals surface area contributed by atoms with Crippen LogP contribution >= 0.6 is 0 Å². The SMILES string of the molecule is O=C1N2CC(CCC2c2cc(CC3CNC3)on2)N1OCc1ccccc1. The number of benzene rings is 1. The Bertz CT molecular complexity index is 805. The third-order valence-electron chi connectivity index (χ3n) is 5.81. The molecular weight excluding hydrogens is 344 g/mol. The third-order valence-corrected chi connectivity index (χ3v) is 5.81. The first-order valence-electron chi connectivity index (χ1n) is 9.71. The Morgan fingerprint density at radius 3 is 2.85 bits per heavy atom. The van der Waals surface area contributed by atoms with E-state index in [2.05, 4.69) is 10.5 Å². The average Bonchev–Trinajstić information content (AvgIpc) is 3.22. The number of hydrogen-bond acceptors (Lipinski definition) is 5. The van der Waals surface area contributed by atoms with Crippen molar-refractivity contribution in [3.05, 3.63) is 53.4 Å². The molecule has 2 bridgehead atoms. The first kappa shape index (κ1) is 16.8. The molecule has 0 spiro atoms. The van der Waals surface area contributed by atoms with Gasteiger partial charge in [-0.2, -0.15) is 5.06 Å². The summed E-state index contributed by atoms with van der Waals surface area (Å²) in [6.07, 6.45) is 2.71. The molecule has 0 radical (unpaired) electrons. The summed E-state index contributed by atoms with van der Waals surface area (Å²) in [4.78, 5) is 20.6. The molecule has 142 valence electrons. The maximum absolute atomic E-state index is 12.9. The molecule has 2 amide bonds. The van der Waals surface area contributed by atoms with E-state index in [0.29, 0.717) is 19.1 Å². The largest absolute Gasteiger partial charge is 0.361 e. The van der Waals surface area contributed by atoms with Gasteiger partial charge in [0.15, 0.2) is 0 Å². The van der Waals surface area contributed by atoms with Crippen molar-refractivity contribution in [2.75, 3.05) is 19.6 Å². The lowest BCUT2D eigenvalue weighted by atomic mass is 9.96. The van der Waals surface area contributed by atoms with Crippen LogP contribution in [0, 0.1) is 5.92 Å². The number of fused-ring (bicyclic) bond motifs is 2. The van der Waals surface area contributed by atoms with E-state index >= 15 is 0 Å². The first-order chi connectivity index (χ1) is 13.3. The number of carbonyl (C=O) groups is 1. The van der Waals surface area contributed by atoms with Gasteiger partial charge in [-0.05, 0) is 37.4 Å². The van der Waals surface area contributed by atoms with Gasteiger partial charge in [0.2, 0.25) is 0 Å². The van der Waals surface area contributed by atoms with Crippen molar-refractivity contribution in [2.45, 2.75) is 38.0 Å². The van der Waals surface area contributed by atoms with Gasteiger partial charge < -0.3 is 14.7 Å². The van der Waals surface area contributed by atoms with Crippen LogP contribution in [0.2, 0.25) is 0 Å². The van der Waals surface area contributed by atoms with Crippen LogP contribution in [0.15, 0.2) is 40.9 Å². The van der Waals surface area contributed by atoms with Crippen LogP contribution in [0.25, 0.3) is 0 Å². The van der Waals surface area contributed by atoms with Crippen molar-refractivity contribution in [3.8, 4) is 0 Å². The van der Waals surface area contributed by atoms with E-state index in [0.717, 1.165) is 49.4 Å². The summed E-state index contributed by atoms with van der Waals surface area (Å²) in [7, 11) is 0. The van der Waals surface area contributed by atoms with Gasteiger partial charge in [-0.25, -0.2) is 4.79 Å². The Labute approximate surface area is 158 Å². The number of carbonyl (C=O) groups excluding carboxylic acids is 1. The molecule has 1 N–H and O–H groups in total. The highest BCUT2D eigenvalue weighted by Crippen LogP contribution is 2.38. The fourth-order valence-corrected chi connectivity index (χ4v) is 4.18. The maximum atomic E-state index is 12.9. The summed E-state index contributed by atoms with van der Waals surface area (Å²) in [6, 6.07) is 12.0. The minimum absolute atomic E-state index is 0.0175. The molecule has 5 rings (SSSR count). The molecule has 2 atom stereocenters. The van der Waals surface area contributed by atoms with E-state index in [1.165, 1.54) is 0 Å². The predicted octanol–water partition coefficient (Wildman–Crippen LogP) is 2.51. The summed E-state index contributed by atoms with van der Waals surface area (Å²) in [5.74, 6) is 1.55. The summed E-state index contributed by atoms with van der Waals surface area (Å²) >= 11 is 0.